The SMILES string of the molecule is CCCc1ccc(C(=O)C2CC3COCC(C2)N3C(=O)OCc2ccccc2)cc1. The summed E-state index contributed by atoms with van der Waals surface area (Å²) < 4.78 is 11.3. The normalized spacial score (nSPS) is 23.1. The van der Waals surface area contributed by atoms with Gasteiger partial charge < -0.3 is 9.47 Å². The minimum Gasteiger partial charge on any atom is -0.445 e. The molecule has 0 aliphatic carbocycles. The van der Waals surface area contributed by atoms with Gasteiger partial charge in [0.2, 0.25) is 0 Å². The summed E-state index contributed by atoms with van der Waals surface area (Å²) in [5.74, 6) is 0.0892. The molecule has 2 unspecified atom stereocenters. The predicted molar refractivity (Wildman–Crippen MR) is 114 cm³/mol. The zero-order chi connectivity index (χ0) is 20.9. The summed E-state index contributed by atoms with van der Waals surface area (Å²) in [4.78, 5) is 27.7. The maximum Gasteiger partial charge on any atom is 0.410 e. The third kappa shape index (κ3) is 4.57. The molecule has 2 aliphatic heterocycles. The van der Waals surface area contributed by atoms with Gasteiger partial charge in [-0.25, -0.2) is 4.79 Å². The third-order valence-electron chi connectivity index (χ3n) is 6.08. The topological polar surface area (TPSA) is 55.8 Å². The number of nitrogens with zero attached hydrogens (tertiary/aromatic N) is 1. The van der Waals surface area contributed by atoms with Crippen LogP contribution in [0.4, 0.5) is 4.79 Å². The van der Waals surface area contributed by atoms with Crippen LogP contribution in [0.1, 0.15) is 47.7 Å². The number of hydrogen-bond acceptors (Lipinski definition) is 4. The Morgan fingerprint density at radius 2 is 1.63 bits per heavy atom. The Morgan fingerprint density at radius 1 is 0.967 bits per heavy atom. The highest BCUT2D eigenvalue weighted by molar-refractivity contribution is 5.98. The number of benzene rings is 2. The molecule has 0 aromatic heterocycles. The molecular weight excluding hydrogens is 378 g/mol. The molecule has 2 aromatic carbocycles. The number of fused-ring (bicyclic) bond motifs is 2. The molecule has 0 spiro atoms. The Bertz CT molecular complexity index is 850. The van der Waals surface area contributed by atoms with Gasteiger partial charge in [-0.15, -0.1) is 0 Å². The van der Waals surface area contributed by atoms with E-state index in [9.17, 15) is 9.59 Å². The van der Waals surface area contributed by atoms with Crippen molar-refractivity contribution in [3.05, 3.63) is 71.3 Å². The van der Waals surface area contributed by atoms with Crippen molar-refractivity contribution in [3.8, 4) is 0 Å². The summed E-state index contributed by atoms with van der Waals surface area (Å²) in [6.07, 6.45) is 3.04. The first-order chi connectivity index (χ1) is 14.7. The van der Waals surface area contributed by atoms with Crippen molar-refractivity contribution >= 4 is 11.9 Å². The lowest BCUT2D eigenvalue weighted by atomic mass is 9.80. The summed E-state index contributed by atoms with van der Waals surface area (Å²) in [5.41, 5.74) is 2.98. The Kier molecular flexibility index (Phi) is 6.48. The van der Waals surface area contributed by atoms with E-state index in [0.717, 1.165) is 24.0 Å². The number of carbonyl (C=O) groups excluding carboxylic acids is 2. The fourth-order valence-electron chi connectivity index (χ4n) is 4.58. The van der Waals surface area contributed by atoms with Gasteiger partial charge in [-0.3, -0.25) is 9.69 Å². The van der Waals surface area contributed by atoms with E-state index < -0.39 is 0 Å². The fraction of sp³-hybridized carbons (Fsp3) is 0.440. The Hall–Kier alpha value is -2.66. The minimum atomic E-state index is -0.313. The second-order valence-corrected chi connectivity index (χ2v) is 8.27. The highest BCUT2D eigenvalue weighted by atomic mass is 16.6. The zero-order valence-corrected chi connectivity index (χ0v) is 17.5. The minimum absolute atomic E-state index is 0.0842. The molecule has 2 heterocycles. The number of amides is 1. The summed E-state index contributed by atoms with van der Waals surface area (Å²) >= 11 is 0. The lowest BCUT2D eigenvalue weighted by Crippen LogP contribution is -2.59. The first kappa shape index (κ1) is 20.6. The number of hydrogen-bond donors (Lipinski definition) is 0. The van der Waals surface area contributed by atoms with Crippen LogP contribution < -0.4 is 0 Å². The Morgan fingerprint density at radius 3 is 2.27 bits per heavy atom. The molecule has 30 heavy (non-hydrogen) atoms. The van der Waals surface area contributed by atoms with E-state index in [1.807, 2.05) is 42.5 Å². The number of morpholine rings is 1. The van der Waals surface area contributed by atoms with Crippen molar-refractivity contribution in [1.29, 1.82) is 0 Å². The Balaban J connectivity index is 1.40. The van der Waals surface area contributed by atoms with Gasteiger partial charge in [0, 0.05) is 11.5 Å². The van der Waals surface area contributed by atoms with Gasteiger partial charge in [0.1, 0.15) is 6.61 Å². The van der Waals surface area contributed by atoms with Crippen molar-refractivity contribution in [1.82, 2.24) is 4.90 Å². The van der Waals surface area contributed by atoms with Gasteiger partial charge in [-0.05, 0) is 30.4 Å². The van der Waals surface area contributed by atoms with Gasteiger partial charge in [0.25, 0.3) is 0 Å². The zero-order valence-electron chi connectivity index (χ0n) is 17.5. The molecule has 0 N–H and O–H groups in total. The number of rotatable bonds is 6. The molecular formula is C25H29NO4. The number of aryl methyl sites for hydroxylation is 1. The molecule has 158 valence electrons. The summed E-state index contributed by atoms with van der Waals surface area (Å²) in [6, 6.07) is 17.4. The largest absolute Gasteiger partial charge is 0.445 e. The lowest BCUT2D eigenvalue weighted by molar-refractivity contribution is -0.0755. The second kappa shape index (κ2) is 9.43. The van der Waals surface area contributed by atoms with Crippen LogP contribution >= 0.6 is 0 Å². The van der Waals surface area contributed by atoms with E-state index in [0.29, 0.717) is 26.1 Å². The predicted octanol–water partition coefficient (Wildman–Crippen LogP) is 4.64. The number of ether oxygens (including phenoxy) is 2. The fourth-order valence-corrected chi connectivity index (χ4v) is 4.58. The van der Waals surface area contributed by atoms with Crippen LogP contribution in [0.5, 0.6) is 0 Å². The van der Waals surface area contributed by atoms with Crippen molar-refractivity contribution in [2.45, 2.75) is 51.3 Å². The number of piperidine rings is 1. The van der Waals surface area contributed by atoms with Crippen LogP contribution in [0.2, 0.25) is 0 Å². The van der Waals surface area contributed by atoms with Crippen LogP contribution in [0.15, 0.2) is 54.6 Å². The van der Waals surface area contributed by atoms with Crippen molar-refractivity contribution in [2.75, 3.05) is 13.2 Å². The maximum absolute atomic E-state index is 13.1. The highest BCUT2D eigenvalue weighted by Crippen LogP contribution is 2.34. The summed E-state index contributed by atoms with van der Waals surface area (Å²) in [6.45, 7) is 3.31. The van der Waals surface area contributed by atoms with Crippen LogP contribution in [0.3, 0.4) is 0 Å². The van der Waals surface area contributed by atoms with Crippen molar-refractivity contribution < 1.29 is 19.1 Å². The first-order valence-electron chi connectivity index (χ1n) is 10.9. The van der Waals surface area contributed by atoms with Crippen LogP contribution in [0.25, 0.3) is 0 Å². The van der Waals surface area contributed by atoms with Gasteiger partial charge in [0.05, 0.1) is 25.3 Å². The smallest absolute Gasteiger partial charge is 0.410 e. The molecule has 2 aliphatic rings. The first-order valence-corrected chi connectivity index (χ1v) is 10.9. The monoisotopic (exact) mass is 407 g/mol. The average Bonchev–Trinajstić information content (AvgIpc) is 2.77. The molecule has 0 saturated carbocycles. The number of ketones is 1. The highest BCUT2D eigenvalue weighted by Gasteiger charge is 2.44. The van der Waals surface area contributed by atoms with Gasteiger partial charge in [-0.2, -0.15) is 0 Å². The van der Waals surface area contributed by atoms with E-state index in [2.05, 4.69) is 19.1 Å². The summed E-state index contributed by atoms with van der Waals surface area (Å²) in [7, 11) is 0. The lowest BCUT2D eigenvalue weighted by Gasteiger charge is -2.47. The molecule has 2 bridgehead atoms. The Labute approximate surface area is 178 Å². The van der Waals surface area contributed by atoms with Gasteiger partial charge in [-0.1, -0.05) is 67.9 Å². The van der Waals surface area contributed by atoms with E-state index in [-0.39, 0.29) is 36.5 Å². The number of carbonyl (C=O) groups is 2. The van der Waals surface area contributed by atoms with Crippen LogP contribution in [0, 0.1) is 5.92 Å². The molecule has 4 rings (SSSR count). The van der Waals surface area contributed by atoms with E-state index in [4.69, 9.17) is 9.47 Å². The molecule has 2 fully saturated rings. The van der Waals surface area contributed by atoms with E-state index in [1.54, 1.807) is 4.90 Å². The molecule has 5 nitrogen and oxygen atoms in total. The molecule has 2 aromatic rings. The molecule has 1 amide bonds. The van der Waals surface area contributed by atoms with Gasteiger partial charge >= 0.3 is 6.09 Å². The van der Waals surface area contributed by atoms with Crippen LogP contribution in [-0.4, -0.2) is 42.1 Å². The quantitative estimate of drug-likeness (QED) is 0.655. The summed E-state index contributed by atoms with van der Waals surface area (Å²) in [5, 5.41) is 0. The van der Waals surface area contributed by atoms with Crippen molar-refractivity contribution in [3.63, 3.8) is 0 Å². The second-order valence-electron chi connectivity index (χ2n) is 8.27. The standard InChI is InChI=1S/C25H29NO4/c1-2-6-18-9-11-20(12-10-18)24(27)21-13-22-16-29-17-23(14-21)26(22)25(28)30-15-19-7-4-3-5-8-19/h3-5,7-12,21-23H,2,6,13-17H2,1H3. The van der Waals surface area contributed by atoms with E-state index >= 15 is 0 Å². The molecule has 0 radical (unpaired) electrons. The number of Topliss-reactive ketones (excluding diaryl/α,β-unsaturated/α-hetero) is 1. The van der Waals surface area contributed by atoms with Crippen LogP contribution in [-0.2, 0) is 22.5 Å². The molecule has 5 heteroatoms. The van der Waals surface area contributed by atoms with Gasteiger partial charge in [0.15, 0.2) is 5.78 Å². The molecule has 2 saturated heterocycles. The van der Waals surface area contributed by atoms with Crippen molar-refractivity contribution in [2.24, 2.45) is 5.92 Å². The average molecular weight is 408 g/mol. The van der Waals surface area contributed by atoms with E-state index in [1.165, 1.54) is 5.56 Å². The third-order valence-corrected chi connectivity index (χ3v) is 6.08. The molecule has 2 atom stereocenters. The maximum atomic E-state index is 13.1.